The molecule has 0 bridgehead atoms. The first-order valence-electron chi connectivity index (χ1n) is 5.64. The molecule has 0 saturated heterocycles. The number of carbonyl (C=O) groups is 1. The number of aromatic carboxylic acids is 1. The summed E-state index contributed by atoms with van der Waals surface area (Å²) in [5.74, 6) is -0.900. The molecule has 0 amide bonds. The Morgan fingerprint density at radius 3 is 2.82 bits per heavy atom. The van der Waals surface area contributed by atoms with Gasteiger partial charge in [-0.15, -0.1) is 0 Å². The van der Waals surface area contributed by atoms with Gasteiger partial charge >= 0.3 is 5.97 Å². The van der Waals surface area contributed by atoms with Crippen LogP contribution in [0.15, 0.2) is 24.3 Å². The van der Waals surface area contributed by atoms with Crippen LogP contribution in [0.4, 0.5) is 0 Å². The second-order valence-electron chi connectivity index (χ2n) is 4.44. The maximum absolute atomic E-state index is 10.8. The lowest BCUT2D eigenvalue weighted by atomic mass is 10.1. The summed E-state index contributed by atoms with van der Waals surface area (Å²) in [6.07, 6.45) is 0. The normalized spacial score (nSPS) is 11.2. The van der Waals surface area contributed by atoms with Gasteiger partial charge in [0.25, 0.3) is 0 Å². The van der Waals surface area contributed by atoms with Crippen molar-refractivity contribution in [3.05, 3.63) is 35.5 Å². The average molecular weight is 232 g/mol. The zero-order valence-corrected chi connectivity index (χ0v) is 9.95. The van der Waals surface area contributed by atoms with Gasteiger partial charge in [0, 0.05) is 23.8 Å². The van der Waals surface area contributed by atoms with Gasteiger partial charge in [-0.05, 0) is 23.6 Å². The van der Waals surface area contributed by atoms with Crippen LogP contribution in [-0.2, 0) is 6.54 Å². The van der Waals surface area contributed by atoms with E-state index >= 15 is 0 Å². The van der Waals surface area contributed by atoms with Crippen molar-refractivity contribution in [2.75, 3.05) is 0 Å². The highest BCUT2D eigenvalue weighted by Gasteiger charge is 2.06. The van der Waals surface area contributed by atoms with Crippen LogP contribution in [0.25, 0.3) is 10.9 Å². The fourth-order valence-electron chi connectivity index (χ4n) is 1.73. The van der Waals surface area contributed by atoms with E-state index in [-0.39, 0.29) is 0 Å². The summed E-state index contributed by atoms with van der Waals surface area (Å²) in [6.45, 7) is 4.94. The Morgan fingerprint density at radius 2 is 2.18 bits per heavy atom. The van der Waals surface area contributed by atoms with Crippen LogP contribution in [0, 0.1) is 0 Å². The molecule has 1 heterocycles. The zero-order chi connectivity index (χ0) is 12.4. The van der Waals surface area contributed by atoms with Gasteiger partial charge in [-0.25, -0.2) is 4.79 Å². The number of hydrogen-bond acceptors (Lipinski definition) is 2. The van der Waals surface area contributed by atoms with Crippen molar-refractivity contribution in [3.63, 3.8) is 0 Å². The first-order chi connectivity index (χ1) is 8.06. The molecule has 0 unspecified atom stereocenters. The molecule has 0 fully saturated rings. The van der Waals surface area contributed by atoms with E-state index in [9.17, 15) is 4.79 Å². The summed E-state index contributed by atoms with van der Waals surface area (Å²) in [5, 5.41) is 13.3. The van der Waals surface area contributed by atoms with Crippen LogP contribution in [0.1, 0.15) is 29.9 Å². The SMILES string of the molecule is CC(C)NCc1cc2ccc(C(=O)O)cc2[nH]1. The Kier molecular flexibility index (Phi) is 3.15. The molecular weight excluding hydrogens is 216 g/mol. The van der Waals surface area contributed by atoms with Crippen molar-refractivity contribution in [2.45, 2.75) is 26.4 Å². The third-order valence-electron chi connectivity index (χ3n) is 2.63. The Hall–Kier alpha value is -1.81. The zero-order valence-electron chi connectivity index (χ0n) is 9.95. The second kappa shape index (κ2) is 4.59. The first-order valence-corrected chi connectivity index (χ1v) is 5.64. The number of rotatable bonds is 4. The number of hydrogen-bond donors (Lipinski definition) is 3. The fourth-order valence-corrected chi connectivity index (χ4v) is 1.73. The van der Waals surface area contributed by atoms with E-state index in [0.717, 1.165) is 23.1 Å². The van der Waals surface area contributed by atoms with E-state index in [1.165, 1.54) is 0 Å². The predicted molar refractivity (Wildman–Crippen MR) is 67.2 cm³/mol. The van der Waals surface area contributed by atoms with E-state index in [2.05, 4.69) is 24.1 Å². The lowest BCUT2D eigenvalue weighted by molar-refractivity contribution is 0.0697. The Labute approximate surface area is 99.7 Å². The van der Waals surface area contributed by atoms with E-state index in [4.69, 9.17) is 5.11 Å². The van der Waals surface area contributed by atoms with Crippen LogP contribution < -0.4 is 5.32 Å². The lowest BCUT2D eigenvalue weighted by Gasteiger charge is -2.05. The van der Waals surface area contributed by atoms with Crippen molar-refractivity contribution in [2.24, 2.45) is 0 Å². The largest absolute Gasteiger partial charge is 0.478 e. The molecule has 0 aliphatic heterocycles. The summed E-state index contributed by atoms with van der Waals surface area (Å²) in [5.41, 5.74) is 2.24. The van der Waals surface area contributed by atoms with Gasteiger partial charge in [0.1, 0.15) is 0 Å². The molecule has 1 aromatic heterocycles. The van der Waals surface area contributed by atoms with Crippen LogP contribution in [0.5, 0.6) is 0 Å². The van der Waals surface area contributed by atoms with E-state index in [0.29, 0.717) is 11.6 Å². The maximum Gasteiger partial charge on any atom is 0.335 e. The summed E-state index contributed by atoms with van der Waals surface area (Å²) in [4.78, 5) is 14.1. The molecular formula is C13H16N2O2. The molecule has 2 aromatic rings. The molecule has 0 aliphatic carbocycles. The van der Waals surface area contributed by atoms with Gasteiger partial charge in [-0.2, -0.15) is 0 Å². The monoisotopic (exact) mass is 232 g/mol. The molecule has 0 radical (unpaired) electrons. The first kappa shape index (κ1) is 11.7. The Balaban J connectivity index is 2.27. The highest BCUT2D eigenvalue weighted by Crippen LogP contribution is 2.17. The third kappa shape index (κ3) is 2.65. The molecule has 3 N–H and O–H groups in total. The molecule has 1 aromatic carbocycles. The van der Waals surface area contributed by atoms with E-state index in [1.807, 2.05) is 12.1 Å². The average Bonchev–Trinajstić information content (AvgIpc) is 2.67. The van der Waals surface area contributed by atoms with Crippen LogP contribution >= 0.6 is 0 Å². The molecule has 0 spiro atoms. The van der Waals surface area contributed by atoms with Gasteiger partial charge in [0.05, 0.1) is 5.56 Å². The number of nitrogens with one attached hydrogen (secondary N) is 2. The number of carboxylic acid groups (broad SMARTS) is 1. The molecule has 0 atom stereocenters. The summed E-state index contributed by atoms with van der Waals surface area (Å²) >= 11 is 0. The van der Waals surface area contributed by atoms with Crippen LogP contribution in [0.2, 0.25) is 0 Å². The molecule has 4 nitrogen and oxygen atoms in total. The number of carboxylic acids is 1. The van der Waals surface area contributed by atoms with Gasteiger partial charge in [0.2, 0.25) is 0 Å². The third-order valence-corrected chi connectivity index (χ3v) is 2.63. The molecule has 0 aliphatic rings. The quantitative estimate of drug-likeness (QED) is 0.758. The standard InChI is InChI=1S/C13H16N2O2/c1-8(2)14-7-11-5-9-3-4-10(13(16)17)6-12(9)15-11/h3-6,8,14-15H,7H2,1-2H3,(H,16,17). The minimum atomic E-state index is -0.900. The van der Waals surface area contributed by atoms with E-state index in [1.54, 1.807) is 12.1 Å². The Bertz CT molecular complexity index is 543. The van der Waals surface area contributed by atoms with Crippen LogP contribution in [-0.4, -0.2) is 22.1 Å². The lowest BCUT2D eigenvalue weighted by Crippen LogP contribution is -2.21. The Morgan fingerprint density at radius 1 is 1.41 bits per heavy atom. The number of benzene rings is 1. The topological polar surface area (TPSA) is 65.1 Å². The minimum Gasteiger partial charge on any atom is -0.478 e. The molecule has 4 heteroatoms. The van der Waals surface area contributed by atoms with Crippen molar-refractivity contribution in [3.8, 4) is 0 Å². The number of fused-ring (bicyclic) bond motifs is 1. The smallest absolute Gasteiger partial charge is 0.335 e. The van der Waals surface area contributed by atoms with E-state index < -0.39 is 5.97 Å². The van der Waals surface area contributed by atoms with Gasteiger partial charge in [-0.3, -0.25) is 0 Å². The summed E-state index contributed by atoms with van der Waals surface area (Å²) in [6, 6.07) is 7.58. The number of aromatic nitrogens is 1. The van der Waals surface area contributed by atoms with Crippen molar-refractivity contribution in [1.29, 1.82) is 0 Å². The molecule has 90 valence electrons. The predicted octanol–water partition coefficient (Wildman–Crippen LogP) is 2.36. The highest BCUT2D eigenvalue weighted by atomic mass is 16.4. The maximum atomic E-state index is 10.8. The molecule has 0 saturated carbocycles. The molecule has 17 heavy (non-hydrogen) atoms. The van der Waals surface area contributed by atoms with Gasteiger partial charge < -0.3 is 15.4 Å². The fraction of sp³-hybridized carbons (Fsp3) is 0.308. The van der Waals surface area contributed by atoms with Gasteiger partial charge in [0.15, 0.2) is 0 Å². The van der Waals surface area contributed by atoms with Crippen molar-refractivity contribution in [1.82, 2.24) is 10.3 Å². The second-order valence-corrected chi connectivity index (χ2v) is 4.44. The molecule has 2 rings (SSSR count). The van der Waals surface area contributed by atoms with Crippen molar-refractivity contribution >= 4 is 16.9 Å². The van der Waals surface area contributed by atoms with Crippen molar-refractivity contribution < 1.29 is 9.90 Å². The number of H-pyrrole nitrogens is 1. The highest BCUT2D eigenvalue weighted by molar-refractivity contribution is 5.93. The van der Waals surface area contributed by atoms with Gasteiger partial charge in [-0.1, -0.05) is 19.9 Å². The summed E-state index contributed by atoms with van der Waals surface area (Å²) < 4.78 is 0. The summed E-state index contributed by atoms with van der Waals surface area (Å²) in [7, 11) is 0. The minimum absolute atomic E-state index is 0.308. The van der Waals surface area contributed by atoms with Crippen LogP contribution in [0.3, 0.4) is 0 Å². The number of aromatic amines is 1.